The molecule has 0 spiro atoms. The smallest absolute Gasteiger partial charge is 0.329 e. The first kappa shape index (κ1) is 16.5. The molecule has 1 unspecified atom stereocenters. The molecule has 0 saturated carbocycles. The number of carbonyl (C=O) groups is 2. The lowest BCUT2D eigenvalue weighted by atomic mass is 10.1. The largest absolute Gasteiger partial charge is 0.464 e. The Morgan fingerprint density at radius 1 is 1.00 bits per heavy atom. The normalized spacial score (nSPS) is 11.3. The van der Waals surface area contributed by atoms with Crippen LogP contribution in [0.25, 0.3) is 0 Å². The maximum atomic E-state index is 12.1. The van der Waals surface area contributed by atoms with E-state index in [0.29, 0.717) is 12.1 Å². The summed E-state index contributed by atoms with van der Waals surface area (Å²) in [5, 5.41) is 5.37. The molecule has 0 aliphatic rings. The molecular weight excluding hydrogens is 292 g/mol. The van der Waals surface area contributed by atoms with Crippen molar-refractivity contribution in [3.63, 3.8) is 0 Å². The molecule has 5 heteroatoms. The van der Waals surface area contributed by atoms with Gasteiger partial charge in [0.15, 0.2) is 0 Å². The molecule has 2 amide bonds. The van der Waals surface area contributed by atoms with Crippen molar-refractivity contribution in [2.75, 3.05) is 11.9 Å². The number of benzene rings is 2. The molecule has 23 heavy (non-hydrogen) atoms. The van der Waals surface area contributed by atoms with Gasteiger partial charge in [-0.1, -0.05) is 48.5 Å². The fourth-order valence-electron chi connectivity index (χ4n) is 2.13. The van der Waals surface area contributed by atoms with Crippen LogP contribution >= 0.6 is 0 Å². The average Bonchev–Trinajstić information content (AvgIpc) is 2.56. The van der Waals surface area contributed by atoms with Crippen LogP contribution < -0.4 is 10.6 Å². The Balaban J connectivity index is 2.01. The number of urea groups is 1. The highest BCUT2D eigenvalue weighted by Crippen LogP contribution is 2.07. The number of amides is 2. The van der Waals surface area contributed by atoms with Gasteiger partial charge in [-0.15, -0.1) is 0 Å². The van der Waals surface area contributed by atoms with E-state index in [0.717, 1.165) is 5.56 Å². The van der Waals surface area contributed by atoms with Gasteiger partial charge in [0.1, 0.15) is 6.04 Å². The van der Waals surface area contributed by atoms with Crippen molar-refractivity contribution in [3.8, 4) is 0 Å². The molecule has 0 aliphatic carbocycles. The summed E-state index contributed by atoms with van der Waals surface area (Å²) in [7, 11) is 0. The number of rotatable bonds is 6. The second-order valence-corrected chi connectivity index (χ2v) is 4.96. The van der Waals surface area contributed by atoms with Crippen LogP contribution in [0.3, 0.4) is 0 Å². The van der Waals surface area contributed by atoms with Gasteiger partial charge in [0.2, 0.25) is 0 Å². The lowest BCUT2D eigenvalue weighted by Gasteiger charge is -2.18. The molecule has 0 fully saturated rings. The summed E-state index contributed by atoms with van der Waals surface area (Å²) >= 11 is 0. The molecule has 2 N–H and O–H groups in total. The summed E-state index contributed by atoms with van der Waals surface area (Å²) < 4.78 is 5.05. The number of anilines is 1. The van der Waals surface area contributed by atoms with Gasteiger partial charge in [-0.05, 0) is 24.6 Å². The number of para-hydroxylation sites is 1. The first-order valence-electron chi connectivity index (χ1n) is 7.52. The molecule has 2 rings (SSSR count). The molecule has 2 aromatic carbocycles. The highest BCUT2D eigenvalue weighted by Gasteiger charge is 2.22. The van der Waals surface area contributed by atoms with Crippen LogP contribution in [0.2, 0.25) is 0 Å². The predicted octanol–water partition coefficient (Wildman–Crippen LogP) is 2.98. The Morgan fingerprint density at radius 2 is 1.61 bits per heavy atom. The van der Waals surface area contributed by atoms with Crippen molar-refractivity contribution in [3.05, 3.63) is 66.2 Å². The molecule has 120 valence electrons. The van der Waals surface area contributed by atoms with E-state index in [1.807, 2.05) is 48.5 Å². The molecule has 5 nitrogen and oxygen atoms in total. The van der Waals surface area contributed by atoms with Gasteiger partial charge in [-0.25, -0.2) is 9.59 Å². The number of esters is 1. The van der Waals surface area contributed by atoms with Crippen LogP contribution in [0.15, 0.2) is 60.7 Å². The third-order valence-corrected chi connectivity index (χ3v) is 3.19. The third-order valence-electron chi connectivity index (χ3n) is 3.19. The third kappa shape index (κ3) is 5.47. The zero-order chi connectivity index (χ0) is 16.5. The van der Waals surface area contributed by atoms with E-state index in [9.17, 15) is 9.59 Å². The van der Waals surface area contributed by atoms with Crippen LogP contribution in [0.5, 0.6) is 0 Å². The standard InChI is InChI=1S/C18H20N2O3/c1-2-23-17(21)16(13-14-9-5-3-6-10-14)20-18(22)19-15-11-7-4-8-12-15/h3-12,16H,2,13H2,1H3,(H2,19,20,22). The first-order chi connectivity index (χ1) is 11.2. The molecule has 1 atom stereocenters. The van der Waals surface area contributed by atoms with Crippen molar-refractivity contribution in [1.82, 2.24) is 5.32 Å². The fourth-order valence-corrected chi connectivity index (χ4v) is 2.13. The second-order valence-electron chi connectivity index (χ2n) is 4.96. The highest BCUT2D eigenvalue weighted by molar-refractivity contribution is 5.92. The van der Waals surface area contributed by atoms with E-state index in [1.54, 1.807) is 19.1 Å². The van der Waals surface area contributed by atoms with Gasteiger partial charge in [0.05, 0.1) is 6.61 Å². The van der Waals surface area contributed by atoms with Crippen molar-refractivity contribution < 1.29 is 14.3 Å². The van der Waals surface area contributed by atoms with E-state index in [2.05, 4.69) is 10.6 Å². The van der Waals surface area contributed by atoms with Gasteiger partial charge in [-0.3, -0.25) is 0 Å². The van der Waals surface area contributed by atoms with Gasteiger partial charge < -0.3 is 15.4 Å². The monoisotopic (exact) mass is 312 g/mol. The minimum Gasteiger partial charge on any atom is -0.464 e. The Morgan fingerprint density at radius 3 is 2.22 bits per heavy atom. The van der Waals surface area contributed by atoms with E-state index >= 15 is 0 Å². The predicted molar refractivity (Wildman–Crippen MR) is 89.2 cm³/mol. The summed E-state index contributed by atoms with van der Waals surface area (Å²) in [6.07, 6.45) is 0.377. The number of ether oxygens (including phenoxy) is 1. The van der Waals surface area contributed by atoms with Crippen molar-refractivity contribution in [2.45, 2.75) is 19.4 Å². The van der Waals surface area contributed by atoms with Crippen LogP contribution in [0, 0.1) is 0 Å². The van der Waals surface area contributed by atoms with Crippen molar-refractivity contribution in [2.24, 2.45) is 0 Å². The van der Waals surface area contributed by atoms with Crippen molar-refractivity contribution >= 4 is 17.7 Å². The van der Waals surface area contributed by atoms with Crippen LogP contribution in [0.4, 0.5) is 10.5 Å². The molecule has 0 heterocycles. The highest BCUT2D eigenvalue weighted by atomic mass is 16.5. The summed E-state index contributed by atoms with van der Waals surface area (Å²) in [6, 6.07) is 17.4. The molecule has 0 aliphatic heterocycles. The van der Waals surface area contributed by atoms with Gasteiger partial charge >= 0.3 is 12.0 Å². The maximum absolute atomic E-state index is 12.1. The SMILES string of the molecule is CCOC(=O)C(Cc1ccccc1)NC(=O)Nc1ccccc1. The molecule has 0 aromatic heterocycles. The number of nitrogens with one attached hydrogen (secondary N) is 2. The summed E-state index contributed by atoms with van der Waals surface area (Å²) in [5.74, 6) is -0.445. The van der Waals surface area contributed by atoms with E-state index in [-0.39, 0.29) is 6.61 Å². The molecule has 0 radical (unpaired) electrons. The lowest BCUT2D eigenvalue weighted by Crippen LogP contribution is -2.45. The minimum absolute atomic E-state index is 0.270. The Labute approximate surface area is 135 Å². The van der Waals surface area contributed by atoms with E-state index < -0.39 is 18.0 Å². The van der Waals surface area contributed by atoms with E-state index in [1.165, 1.54) is 0 Å². The number of hydrogen-bond donors (Lipinski definition) is 2. The second kappa shape index (κ2) is 8.58. The molecule has 2 aromatic rings. The van der Waals surface area contributed by atoms with E-state index in [4.69, 9.17) is 4.74 Å². The average molecular weight is 312 g/mol. The Kier molecular flexibility index (Phi) is 6.17. The zero-order valence-electron chi connectivity index (χ0n) is 13.0. The van der Waals surface area contributed by atoms with Gasteiger partial charge in [-0.2, -0.15) is 0 Å². The van der Waals surface area contributed by atoms with Gasteiger partial charge in [0, 0.05) is 12.1 Å². The van der Waals surface area contributed by atoms with Crippen LogP contribution in [-0.4, -0.2) is 24.6 Å². The fraction of sp³-hybridized carbons (Fsp3) is 0.222. The van der Waals surface area contributed by atoms with Crippen molar-refractivity contribution in [1.29, 1.82) is 0 Å². The molecule has 0 saturated heterocycles. The zero-order valence-corrected chi connectivity index (χ0v) is 13.0. The quantitative estimate of drug-likeness (QED) is 0.806. The summed E-state index contributed by atoms with van der Waals surface area (Å²) in [6.45, 7) is 2.01. The Hall–Kier alpha value is -2.82. The molecular formula is C18H20N2O3. The molecule has 0 bridgehead atoms. The summed E-state index contributed by atoms with van der Waals surface area (Å²) in [5.41, 5.74) is 1.61. The Bertz CT molecular complexity index is 629. The minimum atomic E-state index is -0.735. The van der Waals surface area contributed by atoms with Crippen LogP contribution in [0.1, 0.15) is 12.5 Å². The first-order valence-corrected chi connectivity index (χ1v) is 7.52. The van der Waals surface area contributed by atoms with Crippen LogP contribution in [-0.2, 0) is 16.0 Å². The lowest BCUT2D eigenvalue weighted by molar-refractivity contribution is -0.145. The van der Waals surface area contributed by atoms with Gasteiger partial charge in [0.25, 0.3) is 0 Å². The number of carbonyl (C=O) groups excluding carboxylic acids is 2. The maximum Gasteiger partial charge on any atom is 0.329 e. The number of hydrogen-bond acceptors (Lipinski definition) is 3. The topological polar surface area (TPSA) is 67.4 Å². The summed E-state index contributed by atoms with van der Waals surface area (Å²) in [4.78, 5) is 24.2.